The van der Waals surface area contributed by atoms with Crippen LogP contribution >= 0.6 is 0 Å². The van der Waals surface area contributed by atoms with Gasteiger partial charge in [0.15, 0.2) is 6.73 Å². The number of amides is 2. The summed E-state index contributed by atoms with van der Waals surface area (Å²) in [6.45, 7) is 2.47. The van der Waals surface area contributed by atoms with Gasteiger partial charge in [0.1, 0.15) is 11.5 Å². The van der Waals surface area contributed by atoms with E-state index in [4.69, 9.17) is 9.47 Å². The fourth-order valence-electron chi connectivity index (χ4n) is 1.83. The van der Waals surface area contributed by atoms with Crippen LogP contribution in [-0.2, 0) is 0 Å². The van der Waals surface area contributed by atoms with Crippen LogP contribution < -0.4 is 20.1 Å². The second-order valence-corrected chi connectivity index (χ2v) is 4.63. The summed E-state index contributed by atoms with van der Waals surface area (Å²) in [4.78, 5) is 21.7. The van der Waals surface area contributed by atoms with Crippen LogP contribution in [0.3, 0.4) is 0 Å². The Bertz CT molecular complexity index is 686. The van der Waals surface area contributed by atoms with Crippen molar-refractivity contribution in [1.82, 2.24) is 5.32 Å². The number of urea groups is 1. The molecule has 126 valence electrons. The summed E-state index contributed by atoms with van der Waals surface area (Å²) < 4.78 is 10.7. The van der Waals surface area contributed by atoms with E-state index in [2.05, 4.69) is 10.6 Å². The molecule has 2 amide bonds. The third-order valence-corrected chi connectivity index (χ3v) is 2.94. The summed E-state index contributed by atoms with van der Waals surface area (Å²) in [5.74, 6) is 1.34. The van der Waals surface area contributed by atoms with Gasteiger partial charge < -0.3 is 20.1 Å². The first-order chi connectivity index (χ1) is 11.6. The largest absolute Gasteiger partial charge is 0.494 e. The highest BCUT2D eigenvalue weighted by atomic mass is 16.6. The van der Waals surface area contributed by atoms with Gasteiger partial charge in [0.05, 0.1) is 11.5 Å². The van der Waals surface area contributed by atoms with E-state index in [1.165, 1.54) is 24.3 Å². The minimum atomic E-state index is -0.505. The molecule has 0 aromatic heterocycles. The highest BCUT2D eigenvalue weighted by Crippen LogP contribution is 2.17. The molecule has 0 aliphatic carbocycles. The van der Waals surface area contributed by atoms with Crippen LogP contribution in [0.5, 0.6) is 11.5 Å². The highest BCUT2D eigenvalue weighted by Gasteiger charge is 2.06. The molecule has 8 heteroatoms. The van der Waals surface area contributed by atoms with Gasteiger partial charge >= 0.3 is 6.03 Å². The Morgan fingerprint density at radius 2 is 1.62 bits per heavy atom. The van der Waals surface area contributed by atoms with Crippen molar-refractivity contribution >= 4 is 17.4 Å². The van der Waals surface area contributed by atoms with Crippen LogP contribution in [0.15, 0.2) is 48.5 Å². The zero-order valence-electron chi connectivity index (χ0n) is 13.0. The van der Waals surface area contributed by atoms with Gasteiger partial charge in [-0.25, -0.2) is 4.79 Å². The fourth-order valence-corrected chi connectivity index (χ4v) is 1.83. The maximum absolute atomic E-state index is 11.7. The maximum Gasteiger partial charge on any atom is 0.321 e. The molecule has 2 aromatic rings. The average molecular weight is 331 g/mol. The number of non-ortho nitro benzene ring substituents is 1. The van der Waals surface area contributed by atoms with Gasteiger partial charge in [0, 0.05) is 17.8 Å². The number of nitro benzene ring substituents is 1. The van der Waals surface area contributed by atoms with E-state index in [1.54, 1.807) is 24.3 Å². The van der Waals surface area contributed by atoms with E-state index in [9.17, 15) is 14.9 Å². The number of hydrogen-bond donors (Lipinski definition) is 2. The third-order valence-electron chi connectivity index (χ3n) is 2.94. The topological polar surface area (TPSA) is 103 Å². The molecule has 0 aliphatic rings. The second-order valence-electron chi connectivity index (χ2n) is 4.63. The van der Waals surface area contributed by atoms with Crippen LogP contribution in [0.2, 0.25) is 0 Å². The molecule has 2 N–H and O–H groups in total. The molecule has 0 spiro atoms. The molecule has 0 radical (unpaired) electrons. The number of nitro groups is 1. The first kappa shape index (κ1) is 17.1. The molecule has 0 unspecified atom stereocenters. The lowest BCUT2D eigenvalue weighted by atomic mass is 10.3. The minimum absolute atomic E-state index is 0.0210. The molecule has 8 nitrogen and oxygen atoms in total. The Morgan fingerprint density at radius 3 is 2.17 bits per heavy atom. The molecule has 0 saturated carbocycles. The number of nitrogens with one attached hydrogen (secondary N) is 2. The highest BCUT2D eigenvalue weighted by molar-refractivity contribution is 5.89. The van der Waals surface area contributed by atoms with Crippen molar-refractivity contribution in [3.63, 3.8) is 0 Å². The van der Waals surface area contributed by atoms with Crippen molar-refractivity contribution in [1.29, 1.82) is 0 Å². The number of benzene rings is 2. The van der Waals surface area contributed by atoms with Gasteiger partial charge in [-0.1, -0.05) is 0 Å². The summed E-state index contributed by atoms with van der Waals surface area (Å²) in [5, 5.41) is 15.6. The van der Waals surface area contributed by atoms with E-state index >= 15 is 0 Å². The smallest absolute Gasteiger partial charge is 0.321 e. The van der Waals surface area contributed by atoms with E-state index in [0.717, 1.165) is 5.75 Å². The molecular weight excluding hydrogens is 314 g/mol. The molecule has 2 rings (SSSR count). The van der Waals surface area contributed by atoms with Crippen molar-refractivity contribution in [3.8, 4) is 11.5 Å². The van der Waals surface area contributed by atoms with E-state index in [0.29, 0.717) is 18.0 Å². The van der Waals surface area contributed by atoms with E-state index in [1.807, 2.05) is 6.92 Å². The van der Waals surface area contributed by atoms with Gasteiger partial charge in [-0.05, 0) is 43.3 Å². The first-order valence-electron chi connectivity index (χ1n) is 7.23. The SMILES string of the molecule is CCOc1ccc(OCNC(=O)Nc2ccc([N+](=O)[O-])cc2)cc1. The van der Waals surface area contributed by atoms with Gasteiger partial charge in [0.25, 0.3) is 5.69 Å². The lowest BCUT2D eigenvalue weighted by Gasteiger charge is -2.10. The predicted octanol–water partition coefficient (Wildman–Crippen LogP) is 3.15. The van der Waals surface area contributed by atoms with Crippen molar-refractivity contribution < 1.29 is 19.2 Å². The van der Waals surface area contributed by atoms with Crippen LogP contribution in [0.25, 0.3) is 0 Å². The van der Waals surface area contributed by atoms with Crippen molar-refractivity contribution in [3.05, 3.63) is 58.6 Å². The van der Waals surface area contributed by atoms with Gasteiger partial charge in [-0.15, -0.1) is 0 Å². The molecule has 0 aliphatic heterocycles. The molecule has 0 saturated heterocycles. The normalized spacial score (nSPS) is 9.88. The van der Waals surface area contributed by atoms with Crippen LogP contribution in [0, 0.1) is 10.1 Å². The zero-order valence-corrected chi connectivity index (χ0v) is 13.0. The number of anilines is 1. The number of hydrogen-bond acceptors (Lipinski definition) is 5. The molecule has 0 bridgehead atoms. The van der Waals surface area contributed by atoms with Crippen molar-refractivity contribution in [2.24, 2.45) is 0 Å². The monoisotopic (exact) mass is 331 g/mol. The summed E-state index contributed by atoms with van der Waals surface area (Å²) in [6.07, 6.45) is 0. The van der Waals surface area contributed by atoms with Crippen LogP contribution in [0.1, 0.15) is 6.92 Å². The maximum atomic E-state index is 11.7. The Hall–Kier alpha value is -3.29. The molecule has 2 aromatic carbocycles. The standard InChI is InChI=1S/C16H17N3O5/c1-2-23-14-7-9-15(10-8-14)24-11-17-16(20)18-12-3-5-13(6-4-12)19(21)22/h3-10H,2,11H2,1H3,(H2,17,18,20). The summed E-state index contributed by atoms with van der Waals surface area (Å²) in [6, 6.07) is 12.1. The van der Waals surface area contributed by atoms with Gasteiger partial charge in [0.2, 0.25) is 0 Å². The Balaban J connectivity index is 1.75. The average Bonchev–Trinajstić information content (AvgIpc) is 2.57. The van der Waals surface area contributed by atoms with Crippen LogP contribution in [0.4, 0.5) is 16.2 Å². The fraction of sp³-hybridized carbons (Fsp3) is 0.188. The van der Waals surface area contributed by atoms with Crippen LogP contribution in [-0.4, -0.2) is 24.3 Å². The quantitative estimate of drug-likeness (QED) is 0.461. The van der Waals surface area contributed by atoms with E-state index < -0.39 is 11.0 Å². The number of carbonyl (C=O) groups is 1. The number of rotatable bonds is 7. The number of carbonyl (C=O) groups excluding carboxylic acids is 1. The molecule has 24 heavy (non-hydrogen) atoms. The van der Waals surface area contributed by atoms with E-state index in [-0.39, 0.29) is 12.4 Å². The summed E-state index contributed by atoms with van der Waals surface area (Å²) in [7, 11) is 0. The Morgan fingerprint density at radius 1 is 1.04 bits per heavy atom. The predicted molar refractivity (Wildman–Crippen MR) is 88.4 cm³/mol. The molecule has 0 heterocycles. The zero-order chi connectivity index (χ0) is 17.4. The van der Waals surface area contributed by atoms with Crippen molar-refractivity contribution in [2.45, 2.75) is 6.92 Å². The number of ether oxygens (including phenoxy) is 2. The van der Waals surface area contributed by atoms with Crippen molar-refractivity contribution in [2.75, 3.05) is 18.7 Å². The number of nitrogens with zero attached hydrogens (tertiary/aromatic N) is 1. The third kappa shape index (κ3) is 5.16. The van der Waals surface area contributed by atoms with Gasteiger partial charge in [-0.2, -0.15) is 0 Å². The lowest BCUT2D eigenvalue weighted by molar-refractivity contribution is -0.384. The molecule has 0 atom stereocenters. The minimum Gasteiger partial charge on any atom is -0.494 e. The first-order valence-corrected chi connectivity index (χ1v) is 7.23. The second kappa shape index (κ2) is 8.37. The Labute approximate surface area is 138 Å². The lowest BCUT2D eigenvalue weighted by Crippen LogP contribution is -2.31. The molecular formula is C16H17N3O5. The summed E-state index contributed by atoms with van der Waals surface area (Å²) >= 11 is 0. The van der Waals surface area contributed by atoms with Gasteiger partial charge in [-0.3, -0.25) is 10.1 Å². The Kier molecular flexibility index (Phi) is 5.95. The molecule has 0 fully saturated rings. The summed E-state index contributed by atoms with van der Waals surface area (Å²) in [5.41, 5.74) is 0.402.